The highest BCUT2D eigenvalue weighted by Gasteiger charge is 2.15. The van der Waals surface area contributed by atoms with Crippen LogP contribution in [0.2, 0.25) is 10.0 Å². The summed E-state index contributed by atoms with van der Waals surface area (Å²) in [4.78, 5) is 36.8. The molecule has 0 unspecified atom stereocenters. The summed E-state index contributed by atoms with van der Waals surface area (Å²) in [6, 6.07) is 11.8. The summed E-state index contributed by atoms with van der Waals surface area (Å²) in [6.45, 7) is 1.29. The smallest absolute Gasteiger partial charge is 0.244 e. The molecule has 0 aliphatic rings. The molecule has 27 heavy (non-hydrogen) atoms. The van der Waals surface area contributed by atoms with Crippen molar-refractivity contribution in [2.45, 2.75) is 13.3 Å². The maximum absolute atomic E-state index is 12.3. The number of hydrogen-bond acceptors (Lipinski definition) is 3. The Morgan fingerprint density at radius 1 is 0.963 bits per heavy atom. The number of nitrogens with one attached hydrogen (secondary N) is 2. The van der Waals surface area contributed by atoms with Crippen LogP contribution in [0.1, 0.15) is 12.5 Å². The van der Waals surface area contributed by atoms with Crippen LogP contribution in [0.3, 0.4) is 0 Å². The predicted molar refractivity (Wildman–Crippen MR) is 107 cm³/mol. The van der Waals surface area contributed by atoms with Gasteiger partial charge in [-0.05, 0) is 29.8 Å². The Kier molecular flexibility index (Phi) is 7.21. The van der Waals surface area contributed by atoms with Crippen LogP contribution in [0.4, 0.5) is 11.4 Å². The molecule has 2 rings (SSSR count). The largest absolute Gasteiger partial charge is 0.336 e. The monoisotopic (exact) mass is 407 g/mol. The van der Waals surface area contributed by atoms with Gasteiger partial charge < -0.3 is 15.5 Å². The van der Waals surface area contributed by atoms with Crippen LogP contribution in [0.15, 0.2) is 42.5 Å². The fourth-order valence-corrected chi connectivity index (χ4v) is 2.81. The SMILES string of the molecule is CC(=O)Nc1ccc(CC(=O)N(C)CC(=O)Nc2c(Cl)cccc2Cl)cc1. The Bertz CT molecular complexity index is 834. The number of anilines is 2. The highest BCUT2D eigenvalue weighted by molar-refractivity contribution is 6.39. The van der Waals surface area contributed by atoms with Gasteiger partial charge in [-0.15, -0.1) is 0 Å². The number of hydrogen-bond donors (Lipinski definition) is 2. The van der Waals surface area contributed by atoms with E-state index in [0.29, 0.717) is 21.4 Å². The molecular formula is C19H19Cl2N3O3. The van der Waals surface area contributed by atoms with E-state index in [9.17, 15) is 14.4 Å². The molecule has 0 aliphatic heterocycles. The molecule has 2 aromatic carbocycles. The predicted octanol–water partition coefficient (Wildman–Crippen LogP) is 3.59. The summed E-state index contributed by atoms with van der Waals surface area (Å²) in [6.07, 6.45) is 0.136. The van der Waals surface area contributed by atoms with Gasteiger partial charge in [-0.1, -0.05) is 41.4 Å². The number of carbonyl (C=O) groups excluding carboxylic acids is 3. The lowest BCUT2D eigenvalue weighted by Gasteiger charge is -2.17. The maximum atomic E-state index is 12.3. The first kappa shape index (κ1) is 20.7. The molecule has 0 fully saturated rings. The zero-order chi connectivity index (χ0) is 20.0. The van der Waals surface area contributed by atoms with Crippen LogP contribution in [-0.4, -0.2) is 36.2 Å². The Hall–Kier alpha value is -2.57. The zero-order valence-corrected chi connectivity index (χ0v) is 16.4. The van der Waals surface area contributed by atoms with E-state index in [0.717, 1.165) is 5.56 Å². The third-order valence-electron chi connectivity index (χ3n) is 3.66. The second-order valence-corrected chi connectivity index (χ2v) is 6.76. The van der Waals surface area contributed by atoms with Crippen LogP contribution in [0, 0.1) is 0 Å². The maximum Gasteiger partial charge on any atom is 0.244 e. The fourth-order valence-electron chi connectivity index (χ4n) is 2.32. The summed E-state index contributed by atoms with van der Waals surface area (Å²) in [5.41, 5.74) is 1.75. The minimum Gasteiger partial charge on any atom is -0.336 e. The molecule has 142 valence electrons. The van der Waals surface area contributed by atoms with Crippen molar-refractivity contribution in [1.82, 2.24) is 4.90 Å². The molecule has 0 heterocycles. The molecule has 0 aromatic heterocycles. The number of carbonyl (C=O) groups is 3. The topological polar surface area (TPSA) is 78.5 Å². The van der Waals surface area contributed by atoms with E-state index < -0.39 is 5.91 Å². The number of likely N-dealkylation sites (N-methyl/N-ethyl adjacent to an activating group) is 1. The quantitative estimate of drug-likeness (QED) is 0.767. The average Bonchev–Trinajstić information content (AvgIpc) is 2.59. The van der Waals surface area contributed by atoms with Crippen LogP contribution in [0.25, 0.3) is 0 Å². The molecule has 3 amide bonds. The van der Waals surface area contributed by atoms with Crippen molar-refractivity contribution >= 4 is 52.3 Å². The second kappa shape index (κ2) is 9.39. The Morgan fingerprint density at radius 3 is 2.11 bits per heavy atom. The van der Waals surface area contributed by atoms with Gasteiger partial charge in [-0.2, -0.15) is 0 Å². The molecule has 8 heteroatoms. The number of benzene rings is 2. The van der Waals surface area contributed by atoms with Gasteiger partial charge in [0.1, 0.15) is 0 Å². The molecule has 0 saturated heterocycles. The Morgan fingerprint density at radius 2 is 1.56 bits per heavy atom. The third-order valence-corrected chi connectivity index (χ3v) is 4.29. The van der Waals surface area contributed by atoms with Crippen LogP contribution in [0.5, 0.6) is 0 Å². The molecule has 0 bridgehead atoms. The van der Waals surface area contributed by atoms with Crippen molar-refractivity contribution in [3.63, 3.8) is 0 Å². The van der Waals surface area contributed by atoms with Crippen molar-refractivity contribution in [3.05, 3.63) is 58.1 Å². The lowest BCUT2D eigenvalue weighted by Crippen LogP contribution is -2.35. The van der Waals surface area contributed by atoms with Crippen LogP contribution >= 0.6 is 23.2 Å². The van der Waals surface area contributed by atoms with E-state index in [1.807, 2.05) is 0 Å². The third kappa shape index (κ3) is 6.27. The summed E-state index contributed by atoms with van der Waals surface area (Å²) < 4.78 is 0. The zero-order valence-electron chi connectivity index (χ0n) is 14.9. The summed E-state index contributed by atoms with van der Waals surface area (Å²) in [5, 5.41) is 5.92. The Balaban J connectivity index is 1.91. The number of para-hydroxylation sites is 1. The standard InChI is InChI=1S/C19H19Cl2N3O3/c1-12(25)22-14-8-6-13(7-9-14)10-18(27)24(2)11-17(26)23-19-15(20)4-3-5-16(19)21/h3-9H,10-11H2,1-2H3,(H,22,25)(H,23,26). The molecule has 0 spiro atoms. The lowest BCUT2D eigenvalue weighted by molar-refractivity contribution is -0.132. The van der Waals surface area contributed by atoms with Gasteiger partial charge in [0.2, 0.25) is 17.7 Å². The van der Waals surface area contributed by atoms with E-state index >= 15 is 0 Å². The summed E-state index contributed by atoms with van der Waals surface area (Å²) >= 11 is 12.0. The van der Waals surface area contributed by atoms with Crippen molar-refractivity contribution in [2.75, 3.05) is 24.2 Å². The van der Waals surface area contributed by atoms with Crippen LogP contribution < -0.4 is 10.6 Å². The van der Waals surface area contributed by atoms with Gasteiger partial charge in [0.05, 0.1) is 28.7 Å². The van der Waals surface area contributed by atoms with E-state index in [1.165, 1.54) is 11.8 Å². The molecule has 2 aromatic rings. The normalized spacial score (nSPS) is 10.2. The number of nitrogens with zero attached hydrogens (tertiary/aromatic N) is 1. The van der Waals surface area contributed by atoms with Gasteiger partial charge in [-0.25, -0.2) is 0 Å². The first-order chi connectivity index (χ1) is 12.8. The van der Waals surface area contributed by atoms with Gasteiger partial charge in [0.15, 0.2) is 0 Å². The van der Waals surface area contributed by atoms with Gasteiger partial charge >= 0.3 is 0 Å². The molecule has 0 radical (unpaired) electrons. The number of amides is 3. The molecule has 0 aliphatic carbocycles. The van der Waals surface area contributed by atoms with Crippen molar-refractivity contribution < 1.29 is 14.4 Å². The van der Waals surface area contributed by atoms with Crippen molar-refractivity contribution in [3.8, 4) is 0 Å². The van der Waals surface area contributed by atoms with E-state index in [4.69, 9.17) is 23.2 Å². The highest BCUT2D eigenvalue weighted by Crippen LogP contribution is 2.29. The average molecular weight is 408 g/mol. The number of rotatable bonds is 6. The molecular weight excluding hydrogens is 389 g/mol. The van der Waals surface area contributed by atoms with E-state index in [2.05, 4.69) is 10.6 Å². The molecule has 0 atom stereocenters. The molecule has 0 saturated carbocycles. The minimum atomic E-state index is -0.401. The molecule has 2 N–H and O–H groups in total. The van der Waals surface area contributed by atoms with Crippen LogP contribution in [-0.2, 0) is 20.8 Å². The lowest BCUT2D eigenvalue weighted by atomic mass is 10.1. The van der Waals surface area contributed by atoms with Gasteiger partial charge in [0.25, 0.3) is 0 Å². The van der Waals surface area contributed by atoms with Crippen molar-refractivity contribution in [1.29, 1.82) is 0 Å². The summed E-state index contributed by atoms with van der Waals surface area (Å²) in [7, 11) is 1.54. The number of halogens is 2. The van der Waals surface area contributed by atoms with Gasteiger partial charge in [-0.3, -0.25) is 14.4 Å². The first-order valence-corrected chi connectivity index (χ1v) is 8.86. The molecule has 6 nitrogen and oxygen atoms in total. The fraction of sp³-hybridized carbons (Fsp3) is 0.211. The first-order valence-electron chi connectivity index (χ1n) is 8.10. The highest BCUT2D eigenvalue weighted by atomic mass is 35.5. The second-order valence-electron chi connectivity index (χ2n) is 5.95. The minimum absolute atomic E-state index is 0.135. The summed E-state index contributed by atoms with van der Waals surface area (Å²) in [5.74, 6) is -0.785. The van der Waals surface area contributed by atoms with E-state index in [-0.39, 0.29) is 24.8 Å². The van der Waals surface area contributed by atoms with E-state index in [1.54, 1.807) is 49.5 Å². The van der Waals surface area contributed by atoms with Gasteiger partial charge in [0, 0.05) is 19.7 Å². The Labute approximate surface area is 167 Å². The van der Waals surface area contributed by atoms with Crippen molar-refractivity contribution in [2.24, 2.45) is 0 Å².